The molecule has 1 fully saturated rings. The third-order valence-corrected chi connectivity index (χ3v) is 7.18. The summed E-state index contributed by atoms with van der Waals surface area (Å²) in [5.41, 5.74) is 5.69. The molecule has 1 aliphatic rings. The first-order chi connectivity index (χ1) is 18.7. The van der Waals surface area contributed by atoms with Gasteiger partial charge in [0.25, 0.3) is 0 Å². The van der Waals surface area contributed by atoms with Gasteiger partial charge in [0.1, 0.15) is 23.9 Å². The van der Waals surface area contributed by atoms with Crippen molar-refractivity contribution in [3.8, 4) is 39.8 Å². The summed E-state index contributed by atoms with van der Waals surface area (Å²) in [6.07, 6.45) is 9.65. The summed E-state index contributed by atoms with van der Waals surface area (Å²) in [6, 6.07) is 13.8. The Bertz CT molecular complexity index is 1540. The molecule has 0 bridgehead atoms. The quantitative estimate of drug-likeness (QED) is 0.302. The Morgan fingerprint density at radius 3 is 2.63 bits per heavy atom. The van der Waals surface area contributed by atoms with Crippen LogP contribution in [0.4, 0.5) is 0 Å². The van der Waals surface area contributed by atoms with E-state index >= 15 is 0 Å². The van der Waals surface area contributed by atoms with Gasteiger partial charge in [0.05, 0.1) is 31.7 Å². The number of hydrogen-bond donors (Lipinski definition) is 1. The second-order valence-electron chi connectivity index (χ2n) is 9.43. The topological polar surface area (TPSA) is 112 Å². The van der Waals surface area contributed by atoms with E-state index in [1.807, 2.05) is 41.0 Å². The molecule has 10 nitrogen and oxygen atoms in total. The first kappa shape index (κ1) is 23.9. The van der Waals surface area contributed by atoms with Crippen molar-refractivity contribution in [2.24, 2.45) is 0 Å². The number of aromatic amines is 1. The van der Waals surface area contributed by atoms with Gasteiger partial charge in [-0.2, -0.15) is 5.10 Å². The number of fused-ring (bicyclic) bond motifs is 1. The number of aromatic nitrogens is 7. The van der Waals surface area contributed by atoms with Gasteiger partial charge in [-0.3, -0.25) is 0 Å². The highest BCUT2D eigenvalue weighted by molar-refractivity contribution is 5.75. The van der Waals surface area contributed by atoms with Gasteiger partial charge in [-0.15, -0.1) is 5.10 Å². The lowest BCUT2D eigenvalue weighted by atomic mass is 9.84. The highest BCUT2D eigenvalue weighted by Crippen LogP contribution is 2.39. The fourth-order valence-electron chi connectivity index (χ4n) is 5.29. The third kappa shape index (κ3) is 4.53. The van der Waals surface area contributed by atoms with Gasteiger partial charge < -0.3 is 14.2 Å². The SMILES string of the molecule is COc1ccc(OC)c(COc2cccc(-c3cnc4c(-c5nnn[nH]5)cnn4c3C3CCCCC3)c2)c1. The zero-order valence-electron chi connectivity index (χ0n) is 21.4. The van der Waals surface area contributed by atoms with E-state index in [1.54, 1.807) is 20.4 Å². The number of hydrogen-bond acceptors (Lipinski definition) is 8. The lowest BCUT2D eigenvalue weighted by Gasteiger charge is -2.25. The standard InChI is InChI=1S/C28H29N7O3/c1-36-21-11-12-25(37-2)20(14-21)17-38-22-10-6-9-19(13-22)23-15-29-28-24(27-31-33-34-32-27)16-30-35(28)26(23)18-7-4-3-5-8-18/h6,9-16,18H,3-5,7-8,17H2,1-2H3,(H,31,32,33,34). The first-order valence-corrected chi connectivity index (χ1v) is 12.8. The maximum absolute atomic E-state index is 6.22. The van der Waals surface area contributed by atoms with Gasteiger partial charge in [-0.1, -0.05) is 31.4 Å². The minimum atomic E-state index is 0.352. The highest BCUT2D eigenvalue weighted by atomic mass is 16.5. The van der Waals surface area contributed by atoms with Crippen LogP contribution in [0, 0.1) is 0 Å². The van der Waals surface area contributed by atoms with Crippen molar-refractivity contribution >= 4 is 5.65 Å². The van der Waals surface area contributed by atoms with Gasteiger partial charge in [0.2, 0.25) is 0 Å². The van der Waals surface area contributed by atoms with Crippen LogP contribution in [0.2, 0.25) is 0 Å². The van der Waals surface area contributed by atoms with Crippen LogP contribution in [0.3, 0.4) is 0 Å². The Morgan fingerprint density at radius 2 is 1.84 bits per heavy atom. The number of nitrogens with zero attached hydrogens (tertiary/aromatic N) is 6. The molecule has 0 atom stereocenters. The van der Waals surface area contributed by atoms with E-state index in [0.717, 1.165) is 58.0 Å². The molecule has 3 heterocycles. The number of ether oxygens (including phenoxy) is 3. The molecule has 0 spiro atoms. The minimum absolute atomic E-state index is 0.352. The van der Waals surface area contributed by atoms with Crippen molar-refractivity contribution in [1.29, 1.82) is 0 Å². The lowest BCUT2D eigenvalue weighted by molar-refractivity contribution is 0.295. The van der Waals surface area contributed by atoms with E-state index in [0.29, 0.717) is 18.3 Å². The molecule has 1 saturated carbocycles. The van der Waals surface area contributed by atoms with Gasteiger partial charge in [-0.25, -0.2) is 14.6 Å². The maximum Gasteiger partial charge on any atom is 0.184 e. The fourth-order valence-corrected chi connectivity index (χ4v) is 5.29. The molecule has 0 radical (unpaired) electrons. The second kappa shape index (κ2) is 10.5. The molecule has 10 heteroatoms. The minimum Gasteiger partial charge on any atom is -0.497 e. The van der Waals surface area contributed by atoms with Crippen LogP contribution in [0.5, 0.6) is 17.2 Å². The number of H-pyrrole nitrogens is 1. The Kier molecular flexibility index (Phi) is 6.60. The van der Waals surface area contributed by atoms with Crippen LogP contribution >= 0.6 is 0 Å². The van der Waals surface area contributed by atoms with Crippen molar-refractivity contribution in [2.75, 3.05) is 14.2 Å². The molecule has 0 saturated heterocycles. The molecule has 6 rings (SSSR count). The summed E-state index contributed by atoms with van der Waals surface area (Å²) in [4.78, 5) is 4.81. The number of nitrogens with one attached hydrogen (secondary N) is 1. The molecular formula is C28H29N7O3. The average molecular weight is 512 g/mol. The zero-order chi connectivity index (χ0) is 25.9. The monoisotopic (exact) mass is 511 g/mol. The Hall–Kier alpha value is -4.47. The molecular weight excluding hydrogens is 482 g/mol. The number of rotatable bonds is 8. The van der Waals surface area contributed by atoms with Crippen LogP contribution in [0.15, 0.2) is 54.9 Å². The van der Waals surface area contributed by atoms with E-state index < -0.39 is 0 Å². The molecule has 0 amide bonds. The summed E-state index contributed by atoms with van der Waals surface area (Å²) in [5.74, 6) is 3.21. The van der Waals surface area contributed by atoms with Crippen molar-refractivity contribution in [2.45, 2.75) is 44.6 Å². The molecule has 1 aliphatic carbocycles. The van der Waals surface area contributed by atoms with Gasteiger partial charge in [0, 0.05) is 23.2 Å². The zero-order valence-corrected chi connectivity index (χ0v) is 21.4. The summed E-state index contributed by atoms with van der Waals surface area (Å²) in [5, 5.41) is 19.1. The number of methoxy groups -OCH3 is 2. The van der Waals surface area contributed by atoms with Gasteiger partial charge in [0.15, 0.2) is 11.5 Å². The predicted octanol–water partition coefficient (Wildman–Crippen LogP) is 5.22. The molecule has 5 aromatic rings. The van der Waals surface area contributed by atoms with Crippen LogP contribution in [-0.2, 0) is 6.61 Å². The van der Waals surface area contributed by atoms with Crippen molar-refractivity contribution in [1.82, 2.24) is 35.2 Å². The summed E-state index contributed by atoms with van der Waals surface area (Å²) < 4.78 is 19.1. The molecule has 0 aliphatic heterocycles. The van der Waals surface area contributed by atoms with Crippen LogP contribution in [0.25, 0.3) is 28.2 Å². The largest absolute Gasteiger partial charge is 0.497 e. The summed E-state index contributed by atoms with van der Waals surface area (Å²) in [6.45, 7) is 0.352. The molecule has 38 heavy (non-hydrogen) atoms. The summed E-state index contributed by atoms with van der Waals surface area (Å²) >= 11 is 0. The normalized spacial score (nSPS) is 14.1. The van der Waals surface area contributed by atoms with Crippen molar-refractivity contribution in [3.05, 3.63) is 66.1 Å². The number of tetrazole rings is 1. The van der Waals surface area contributed by atoms with Crippen molar-refractivity contribution < 1.29 is 14.2 Å². The van der Waals surface area contributed by atoms with E-state index in [2.05, 4.69) is 32.8 Å². The van der Waals surface area contributed by atoms with Crippen LogP contribution in [0.1, 0.15) is 49.3 Å². The molecule has 2 aromatic carbocycles. The fraction of sp³-hybridized carbons (Fsp3) is 0.321. The predicted molar refractivity (Wildman–Crippen MR) is 141 cm³/mol. The Balaban J connectivity index is 1.37. The van der Waals surface area contributed by atoms with Crippen LogP contribution < -0.4 is 14.2 Å². The first-order valence-electron chi connectivity index (χ1n) is 12.8. The number of benzene rings is 2. The summed E-state index contributed by atoms with van der Waals surface area (Å²) in [7, 11) is 3.30. The average Bonchev–Trinajstić information content (AvgIpc) is 3.66. The van der Waals surface area contributed by atoms with E-state index in [1.165, 1.54) is 25.0 Å². The van der Waals surface area contributed by atoms with E-state index in [-0.39, 0.29) is 0 Å². The molecule has 194 valence electrons. The Morgan fingerprint density at radius 1 is 0.947 bits per heavy atom. The van der Waals surface area contributed by atoms with Gasteiger partial charge in [-0.05, 0) is 59.2 Å². The van der Waals surface area contributed by atoms with E-state index in [9.17, 15) is 0 Å². The maximum atomic E-state index is 6.22. The molecule has 3 aromatic heterocycles. The van der Waals surface area contributed by atoms with Gasteiger partial charge >= 0.3 is 0 Å². The second-order valence-corrected chi connectivity index (χ2v) is 9.43. The lowest BCUT2D eigenvalue weighted by Crippen LogP contribution is -2.12. The van der Waals surface area contributed by atoms with Crippen LogP contribution in [-0.4, -0.2) is 49.4 Å². The Labute approximate surface area is 220 Å². The van der Waals surface area contributed by atoms with Crippen molar-refractivity contribution in [3.63, 3.8) is 0 Å². The molecule has 0 unspecified atom stereocenters. The smallest absolute Gasteiger partial charge is 0.184 e. The third-order valence-electron chi connectivity index (χ3n) is 7.18. The van der Waals surface area contributed by atoms with E-state index in [4.69, 9.17) is 24.3 Å². The molecule has 1 N–H and O–H groups in total. The highest BCUT2D eigenvalue weighted by Gasteiger charge is 2.25.